The van der Waals surface area contributed by atoms with Gasteiger partial charge in [0.2, 0.25) is 0 Å². The topological polar surface area (TPSA) is 67.1 Å². The van der Waals surface area contributed by atoms with Crippen molar-refractivity contribution in [1.29, 1.82) is 0 Å². The van der Waals surface area contributed by atoms with E-state index in [0.717, 1.165) is 34.5 Å². The van der Waals surface area contributed by atoms with Crippen molar-refractivity contribution in [2.45, 2.75) is 20.0 Å². The van der Waals surface area contributed by atoms with E-state index in [-0.39, 0.29) is 24.0 Å². The summed E-state index contributed by atoms with van der Waals surface area (Å²) in [4.78, 5) is 9.30. The number of benzene rings is 1. The molecule has 2 heterocycles. The van der Waals surface area contributed by atoms with Crippen LogP contribution in [-0.2, 0) is 20.1 Å². The van der Waals surface area contributed by atoms with Crippen molar-refractivity contribution in [2.75, 3.05) is 6.54 Å². The second kappa shape index (κ2) is 10.3. The summed E-state index contributed by atoms with van der Waals surface area (Å²) < 4.78 is 1.83. The summed E-state index contributed by atoms with van der Waals surface area (Å²) in [6.07, 6.45) is 1.78. The van der Waals surface area contributed by atoms with Crippen LogP contribution in [-0.4, -0.2) is 27.3 Å². The van der Waals surface area contributed by atoms with Crippen LogP contribution in [0.4, 0.5) is 0 Å². The van der Waals surface area contributed by atoms with Crippen LogP contribution < -0.4 is 10.6 Å². The van der Waals surface area contributed by atoms with E-state index >= 15 is 0 Å². The van der Waals surface area contributed by atoms with Gasteiger partial charge >= 0.3 is 0 Å². The van der Waals surface area contributed by atoms with E-state index in [1.54, 1.807) is 17.5 Å². The molecule has 0 fully saturated rings. The molecule has 138 valence electrons. The smallest absolute Gasteiger partial charge is 0.191 e. The highest BCUT2D eigenvalue weighted by molar-refractivity contribution is 14.0. The molecule has 0 aliphatic rings. The van der Waals surface area contributed by atoms with Gasteiger partial charge in [-0.05, 0) is 13.0 Å². The number of nitrogens with zero attached hydrogens (tertiary/aromatic N) is 4. The van der Waals surface area contributed by atoms with Crippen LogP contribution in [0.2, 0.25) is 0 Å². The highest BCUT2D eigenvalue weighted by Gasteiger charge is 2.06. The molecular weight excluding hydrogens is 459 g/mol. The molecule has 0 spiro atoms. The molecule has 0 bridgehead atoms. The predicted octanol–water partition coefficient (Wildman–Crippen LogP) is 3.42. The molecule has 6 nitrogen and oxygen atoms in total. The van der Waals surface area contributed by atoms with Gasteiger partial charge in [0.15, 0.2) is 5.96 Å². The van der Waals surface area contributed by atoms with Crippen molar-refractivity contribution in [3.8, 4) is 11.3 Å². The van der Waals surface area contributed by atoms with Crippen molar-refractivity contribution in [3.05, 3.63) is 58.7 Å². The highest BCUT2D eigenvalue weighted by atomic mass is 127. The molecule has 0 saturated carbocycles. The minimum absolute atomic E-state index is 0. The summed E-state index contributed by atoms with van der Waals surface area (Å²) in [5.74, 6) is 0.778. The first-order valence-electron chi connectivity index (χ1n) is 8.25. The zero-order valence-corrected chi connectivity index (χ0v) is 18.0. The summed E-state index contributed by atoms with van der Waals surface area (Å²) in [5.41, 5.74) is 3.22. The van der Waals surface area contributed by atoms with Crippen molar-refractivity contribution >= 4 is 41.3 Å². The van der Waals surface area contributed by atoms with Crippen LogP contribution in [0, 0.1) is 0 Å². The number of aromatic nitrogens is 3. The Kier molecular flexibility index (Phi) is 8.05. The Balaban J connectivity index is 0.00000243. The molecule has 3 aromatic rings. The third-order valence-corrected chi connectivity index (χ3v) is 4.54. The third kappa shape index (κ3) is 5.53. The highest BCUT2D eigenvalue weighted by Crippen LogP contribution is 2.21. The number of thiazole rings is 1. The number of hydrogen-bond donors (Lipinski definition) is 2. The van der Waals surface area contributed by atoms with Gasteiger partial charge in [0.25, 0.3) is 0 Å². The lowest BCUT2D eigenvalue weighted by Crippen LogP contribution is -2.36. The Labute approximate surface area is 174 Å². The van der Waals surface area contributed by atoms with Crippen molar-refractivity contribution in [3.63, 3.8) is 0 Å². The minimum Gasteiger partial charge on any atom is -0.357 e. The fourth-order valence-corrected chi connectivity index (χ4v) is 3.09. The third-order valence-electron chi connectivity index (χ3n) is 3.69. The summed E-state index contributed by atoms with van der Waals surface area (Å²) in [7, 11) is 1.92. The molecule has 0 aliphatic heterocycles. The second-order valence-electron chi connectivity index (χ2n) is 5.49. The van der Waals surface area contributed by atoms with Crippen LogP contribution in [0.25, 0.3) is 11.3 Å². The van der Waals surface area contributed by atoms with Crippen LogP contribution in [0.1, 0.15) is 17.6 Å². The second-order valence-corrected chi connectivity index (χ2v) is 6.43. The molecule has 0 aliphatic carbocycles. The summed E-state index contributed by atoms with van der Waals surface area (Å²) >= 11 is 1.65. The molecule has 3 rings (SSSR count). The molecule has 0 radical (unpaired) electrons. The molecule has 8 heteroatoms. The maximum Gasteiger partial charge on any atom is 0.191 e. The molecule has 0 saturated heterocycles. The zero-order valence-electron chi connectivity index (χ0n) is 14.8. The van der Waals surface area contributed by atoms with Gasteiger partial charge < -0.3 is 10.6 Å². The molecule has 0 amide bonds. The molecule has 0 unspecified atom stereocenters. The van der Waals surface area contributed by atoms with Gasteiger partial charge in [-0.15, -0.1) is 35.3 Å². The van der Waals surface area contributed by atoms with Gasteiger partial charge in [-0.2, -0.15) is 5.10 Å². The van der Waals surface area contributed by atoms with Crippen molar-refractivity contribution in [2.24, 2.45) is 12.0 Å². The van der Waals surface area contributed by atoms with Crippen molar-refractivity contribution < 1.29 is 0 Å². The quantitative estimate of drug-likeness (QED) is 0.321. The lowest BCUT2D eigenvalue weighted by molar-refractivity contribution is 0.707. The summed E-state index contributed by atoms with van der Waals surface area (Å²) in [6.45, 7) is 4.09. The molecule has 26 heavy (non-hydrogen) atoms. The van der Waals surface area contributed by atoms with Gasteiger partial charge in [0, 0.05) is 30.7 Å². The number of nitrogens with one attached hydrogen (secondary N) is 2. The first kappa shape index (κ1) is 20.4. The number of halogens is 1. The minimum atomic E-state index is 0. The first-order chi connectivity index (χ1) is 12.3. The van der Waals surface area contributed by atoms with E-state index in [1.165, 1.54) is 0 Å². The average Bonchev–Trinajstić information content (AvgIpc) is 3.27. The van der Waals surface area contributed by atoms with Crippen LogP contribution in [0.15, 0.2) is 53.0 Å². The monoisotopic (exact) mass is 482 g/mol. The van der Waals surface area contributed by atoms with Gasteiger partial charge in [-0.3, -0.25) is 4.68 Å². The number of rotatable bonds is 6. The maximum atomic E-state index is 4.70. The van der Waals surface area contributed by atoms with Crippen LogP contribution in [0.3, 0.4) is 0 Å². The van der Waals surface area contributed by atoms with E-state index in [4.69, 9.17) is 4.98 Å². The molecule has 2 aromatic heterocycles. The molecule has 0 atom stereocenters. The molecule has 1 aromatic carbocycles. The normalized spacial score (nSPS) is 11.1. The Hall–Kier alpha value is -1.94. The predicted molar refractivity (Wildman–Crippen MR) is 118 cm³/mol. The van der Waals surface area contributed by atoms with E-state index in [0.29, 0.717) is 13.1 Å². The van der Waals surface area contributed by atoms with Crippen LogP contribution >= 0.6 is 35.3 Å². The van der Waals surface area contributed by atoms with E-state index in [2.05, 4.69) is 45.2 Å². The summed E-state index contributed by atoms with van der Waals surface area (Å²) in [6, 6.07) is 12.2. The number of aryl methyl sites for hydroxylation is 1. The standard InChI is InChI=1S/C18H22N6S.HI/c1-3-19-18(20-11-15-9-10-22-24(15)2)21-12-17-23-16(13-25-17)14-7-5-4-6-8-14;/h4-10,13H,3,11-12H2,1-2H3,(H2,19,20,21);1H. The maximum absolute atomic E-state index is 4.70. The van der Waals surface area contributed by atoms with Crippen LogP contribution in [0.5, 0.6) is 0 Å². The summed E-state index contributed by atoms with van der Waals surface area (Å²) in [5, 5.41) is 13.9. The SMILES string of the molecule is CCNC(=NCc1ccnn1C)NCc1nc(-c2ccccc2)cs1.I. The van der Waals surface area contributed by atoms with Gasteiger partial charge in [0.1, 0.15) is 5.01 Å². The molecular formula is C18H23IN6S. The average molecular weight is 482 g/mol. The largest absolute Gasteiger partial charge is 0.357 e. The lowest BCUT2D eigenvalue weighted by Gasteiger charge is -2.10. The zero-order chi connectivity index (χ0) is 17.5. The van der Waals surface area contributed by atoms with Crippen molar-refractivity contribution in [1.82, 2.24) is 25.4 Å². The number of aliphatic imine (C=N–C) groups is 1. The van der Waals surface area contributed by atoms with Gasteiger partial charge in [0.05, 0.1) is 24.5 Å². The Morgan fingerprint density at radius 3 is 2.69 bits per heavy atom. The Bertz CT molecular complexity index is 827. The van der Waals surface area contributed by atoms with Gasteiger partial charge in [-0.25, -0.2) is 9.98 Å². The first-order valence-corrected chi connectivity index (χ1v) is 9.13. The Morgan fingerprint density at radius 1 is 1.19 bits per heavy atom. The number of hydrogen-bond acceptors (Lipinski definition) is 4. The van der Waals surface area contributed by atoms with E-state index in [9.17, 15) is 0 Å². The fraction of sp³-hybridized carbons (Fsp3) is 0.278. The van der Waals surface area contributed by atoms with Gasteiger partial charge in [-0.1, -0.05) is 30.3 Å². The van der Waals surface area contributed by atoms with E-state index in [1.807, 2.05) is 36.0 Å². The molecule has 2 N–H and O–H groups in total. The Morgan fingerprint density at radius 2 is 2.00 bits per heavy atom. The number of guanidine groups is 1. The fourth-order valence-electron chi connectivity index (χ4n) is 2.35. The van der Waals surface area contributed by atoms with E-state index < -0.39 is 0 Å². The lowest BCUT2D eigenvalue weighted by atomic mass is 10.2.